The van der Waals surface area contributed by atoms with Crippen LogP contribution in [0.15, 0.2) is 24.7 Å². The number of methoxy groups -OCH3 is 1. The van der Waals surface area contributed by atoms with E-state index in [-0.39, 0.29) is 11.6 Å². The minimum Gasteiger partial charge on any atom is -0.464 e. The van der Waals surface area contributed by atoms with Gasteiger partial charge in [-0.1, -0.05) is 0 Å². The zero-order valence-electron chi connectivity index (χ0n) is 14.5. The molecule has 9 heteroatoms. The number of rotatable bonds is 2. The largest absolute Gasteiger partial charge is 0.464 e. The van der Waals surface area contributed by atoms with Gasteiger partial charge in [0.05, 0.1) is 25.5 Å². The van der Waals surface area contributed by atoms with Crippen LogP contribution >= 0.6 is 0 Å². The molecule has 0 aliphatic carbocycles. The van der Waals surface area contributed by atoms with Gasteiger partial charge in [0.2, 0.25) is 0 Å². The Hall–Kier alpha value is -3.23. The van der Waals surface area contributed by atoms with Crippen LogP contribution in [0.25, 0.3) is 5.65 Å². The van der Waals surface area contributed by atoms with E-state index in [1.54, 1.807) is 32.6 Å². The Labute approximate surface area is 149 Å². The summed E-state index contributed by atoms with van der Waals surface area (Å²) in [4.78, 5) is 30.8. The predicted molar refractivity (Wildman–Crippen MR) is 90.6 cm³/mol. The number of carbonyl (C=O) groups excluding carboxylic acids is 2. The molecule has 0 unspecified atom stereocenters. The number of hydrogen-bond donors (Lipinski definition) is 0. The third-order valence-electron chi connectivity index (χ3n) is 4.41. The van der Waals surface area contributed by atoms with Crippen molar-refractivity contribution in [1.29, 1.82) is 0 Å². The molecule has 0 N–H and O–H groups in total. The third kappa shape index (κ3) is 2.71. The third-order valence-corrected chi connectivity index (χ3v) is 4.41. The molecule has 3 aromatic rings. The van der Waals surface area contributed by atoms with Gasteiger partial charge >= 0.3 is 5.97 Å². The number of aromatic nitrogens is 5. The van der Waals surface area contributed by atoms with Crippen molar-refractivity contribution in [3.05, 3.63) is 47.2 Å². The highest BCUT2D eigenvalue weighted by atomic mass is 16.5. The predicted octanol–water partition coefficient (Wildman–Crippen LogP) is 1.07. The molecule has 0 bridgehead atoms. The van der Waals surface area contributed by atoms with E-state index in [2.05, 4.69) is 15.2 Å². The van der Waals surface area contributed by atoms with Crippen molar-refractivity contribution in [3.8, 4) is 0 Å². The quantitative estimate of drug-likeness (QED) is 0.639. The van der Waals surface area contributed by atoms with Crippen molar-refractivity contribution in [2.24, 2.45) is 0 Å². The van der Waals surface area contributed by atoms with Crippen molar-refractivity contribution in [1.82, 2.24) is 29.3 Å². The van der Waals surface area contributed by atoms with Crippen molar-refractivity contribution in [2.75, 3.05) is 13.7 Å². The van der Waals surface area contributed by atoms with Crippen LogP contribution in [-0.4, -0.2) is 54.8 Å². The molecule has 0 atom stereocenters. The highest BCUT2D eigenvalue weighted by Crippen LogP contribution is 2.18. The number of aryl methyl sites for hydroxylation is 2. The molecule has 1 amide bonds. The van der Waals surface area contributed by atoms with Crippen molar-refractivity contribution in [2.45, 2.75) is 26.4 Å². The van der Waals surface area contributed by atoms with Gasteiger partial charge in [-0.05, 0) is 25.0 Å². The van der Waals surface area contributed by atoms with Crippen LogP contribution in [0.2, 0.25) is 0 Å². The standard InChI is InChI=1S/C17H18N6O3/c1-11-7-18-15-13(8-19-23(15)9-11)16(24)21-4-3-5-22-12(10-21)6-14(20-22)17(25)26-2/h6-9H,3-5,10H2,1-2H3. The lowest BCUT2D eigenvalue weighted by Crippen LogP contribution is -2.30. The maximum Gasteiger partial charge on any atom is 0.358 e. The monoisotopic (exact) mass is 354 g/mol. The van der Waals surface area contributed by atoms with Crippen LogP contribution in [0.5, 0.6) is 0 Å². The SMILES string of the molecule is COC(=O)c1cc2n(n1)CCCN(C(=O)c1cnn3cc(C)cnc13)C2. The van der Waals surface area contributed by atoms with Crippen molar-refractivity contribution >= 4 is 17.5 Å². The summed E-state index contributed by atoms with van der Waals surface area (Å²) in [6.45, 7) is 3.53. The summed E-state index contributed by atoms with van der Waals surface area (Å²) in [5.41, 5.74) is 3.02. The number of nitrogens with zero attached hydrogens (tertiary/aromatic N) is 6. The van der Waals surface area contributed by atoms with Crippen LogP contribution in [0.3, 0.4) is 0 Å². The zero-order chi connectivity index (χ0) is 18.3. The molecule has 4 rings (SSSR count). The minimum absolute atomic E-state index is 0.134. The van der Waals surface area contributed by atoms with E-state index in [1.165, 1.54) is 7.11 Å². The van der Waals surface area contributed by atoms with Gasteiger partial charge in [-0.3, -0.25) is 9.48 Å². The molecular formula is C17H18N6O3. The minimum atomic E-state index is -0.481. The summed E-state index contributed by atoms with van der Waals surface area (Å²) in [5, 5.41) is 8.50. The smallest absolute Gasteiger partial charge is 0.358 e. The average molecular weight is 354 g/mol. The molecule has 26 heavy (non-hydrogen) atoms. The van der Waals surface area contributed by atoms with Gasteiger partial charge in [-0.25, -0.2) is 14.3 Å². The highest BCUT2D eigenvalue weighted by molar-refractivity contribution is 5.99. The van der Waals surface area contributed by atoms with E-state index < -0.39 is 5.97 Å². The average Bonchev–Trinajstić information content (AvgIpc) is 3.18. The van der Waals surface area contributed by atoms with E-state index in [0.717, 1.165) is 17.7 Å². The van der Waals surface area contributed by atoms with Gasteiger partial charge in [-0.2, -0.15) is 10.2 Å². The summed E-state index contributed by atoms with van der Waals surface area (Å²) in [6, 6.07) is 1.68. The number of ether oxygens (including phenoxy) is 1. The summed E-state index contributed by atoms with van der Waals surface area (Å²) in [5.74, 6) is -0.615. The molecule has 0 saturated heterocycles. The molecule has 0 spiro atoms. The van der Waals surface area contributed by atoms with E-state index in [4.69, 9.17) is 4.74 Å². The number of carbonyl (C=O) groups is 2. The van der Waals surface area contributed by atoms with Gasteiger partial charge in [0.1, 0.15) is 5.56 Å². The van der Waals surface area contributed by atoms with E-state index >= 15 is 0 Å². The first kappa shape index (κ1) is 16.2. The summed E-state index contributed by atoms with van der Waals surface area (Å²) in [6.07, 6.45) is 5.84. The Morgan fingerprint density at radius 3 is 2.88 bits per heavy atom. The second-order valence-corrected chi connectivity index (χ2v) is 6.27. The van der Waals surface area contributed by atoms with Gasteiger partial charge in [-0.15, -0.1) is 0 Å². The summed E-state index contributed by atoms with van der Waals surface area (Å²) < 4.78 is 8.09. The van der Waals surface area contributed by atoms with Gasteiger partial charge in [0, 0.05) is 25.5 Å². The Morgan fingerprint density at radius 2 is 2.08 bits per heavy atom. The molecule has 3 aromatic heterocycles. The first-order valence-electron chi connectivity index (χ1n) is 8.31. The molecule has 9 nitrogen and oxygen atoms in total. The second kappa shape index (κ2) is 6.25. The fourth-order valence-electron chi connectivity index (χ4n) is 3.13. The lowest BCUT2D eigenvalue weighted by atomic mass is 10.2. The molecular weight excluding hydrogens is 336 g/mol. The Bertz CT molecular complexity index is 1010. The molecule has 0 radical (unpaired) electrons. The van der Waals surface area contributed by atoms with Crippen LogP contribution in [0.4, 0.5) is 0 Å². The molecule has 0 saturated carbocycles. The first-order chi connectivity index (χ1) is 12.6. The number of esters is 1. The highest BCUT2D eigenvalue weighted by Gasteiger charge is 2.25. The van der Waals surface area contributed by atoms with Crippen LogP contribution in [0, 0.1) is 6.92 Å². The normalized spacial score (nSPS) is 14.2. The fraction of sp³-hybridized carbons (Fsp3) is 0.353. The van der Waals surface area contributed by atoms with Gasteiger partial charge in [0.25, 0.3) is 5.91 Å². The molecule has 134 valence electrons. The summed E-state index contributed by atoms with van der Waals surface area (Å²) in [7, 11) is 1.32. The van der Waals surface area contributed by atoms with E-state index in [1.807, 2.05) is 13.1 Å². The van der Waals surface area contributed by atoms with Crippen molar-refractivity contribution < 1.29 is 14.3 Å². The molecule has 1 aliphatic rings. The maximum atomic E-state index is 13.0. The Balaban J connectivity index is 1.63. The van der Waals surface area contributed by atoms with Gasteiger partial charge < -0.3 is 9.64 Å². The summed E-state index contributed by atoms with van der Waals surface area (Å²) >= 11 is 0. The molecule has 1 aliphatic heterocycles. The molecule has 0 fully saturated rings. The topological polar surface area (TPSA) is 94.6 Å². The van der Waals surface area contributed by atoms with Gasteiger partial charge in [0.15, 0.2) is 11.3 Å². The Morgan fingerprint density at radius 1 is 1.23 bits per heavy atom. The molecule has 4 heterocycles. The van der Waals surface area contributed by atoms with Crippen molar-refractivity contribution in [3.63, 3.8) is 0 Å². The number of hydrogen-bond acceptors (Lipinski definition) is 6. The lowest BCUT2D eigenvalue weighted by Gasteiger charge is -2.19. The zero-order valence-corrected chi connectivity index (χ0v) is 14.5. The second-order valence-electron chi connectivity index (χ2n) is 6.27. The maximum absolute atomic E-state index is 13.0. The molecule has 0 aromatic carbocycles. The van der Waals surface area contributed by atoms with Crippen LogP contribution < -0.4 is 0 Å². The lowest BCUT2D eigenvalue weighted by molar-refractivity contribution is 0.0593. The van der Waals surface area contributed by atoms with E-state index in [9.17, 15) is 9.59 Å². The fourth-order valence-corrected chi connectivity index (χ4v) is 3.13. The van der Waals surface area contributed by atoms with Crippen LogP contribution in [0.1, 0.15) is 38.5 Å². The Kier molecular flexibility index (Phi) is 3.90. The number of fused-ring (bicyclic) bond motifs is 2. The number of amides is 1. The first-order valence-corrected chi connectivity index (χ1v) is 8.31. The van der Waals surface area contributed by atoms with Crippen LogP contribution in [-0.2, 0) is 17.8 Å². The van der Waals surface area contributed by atoms with E-state index in [0.29, 0.717) is 30.8 Å².